The quantitative estimate of drug-likeness (QED) is 0.748. The molecule has 98 valence electrons. The van der Waals surface area contributed by atoms with Gasteiger partial charge in [0, 0.05) is 32.1 Å². The van der Waals surface area contributed by atoms with Crippen molar-refractivity contribution >= 4 is 23.5 Å². The summed E-state index contributed by atoms with van der Waals surface area (Å²) in [6, 6.07) is 15.1. The summed E-state index contributed by atoms with van der Waals surface area (Å²) in [5.74, 6) is 0.257. The Kier molecular flexibility index (Phi) is 3.87. The van der Waals surface area contributed by atoms with Crippen LogP contribution in [-0.4, -0.2) is 11.7 Å². The van der Waals surface area contributed by atoms with E-state index in [-0.39, 0.29) is 12.5 Å². The van der Waals surface area contributed by atoms with Gasteiger partial charge in [-0.2, -0.15) is 0 Å². The minimum Gasteiger partial charge on any atom is -0.396 e. The highest BCUT2D eigenvalue weighted by Gasteiger charge is 2.18. The molecule has 1 N–H and O–H groups in total. The van der Waals surface area contributed by atoms with E-state index in [0.29, 0.717) is 0 Å². The maximum absolute atomic E-state index is 9.43. The first-order valence-electron chi connectivity index (χ1n) is 6.51. The highest BCUT2D eigenvalue weighted by Crippen LogP contribution is 2.48. The number of aliphatic hydroxyl groups excluding tert-OH is 1. The van der Waals surface area contributed by atoms with Crippen LogP contribution in [0.3, 0.4) is 0 Å². The molecule has 1 heterocycles. The molecule has 0 aromatic heterocycles. The Labute approximate surface area is 122 Å². The molecule has 3 heteroatoms. The van der Waals surface area contributed by atoms with Crippen molar-refractivity contribution in [2.75, 3.05) is 6.61 Å². The van der Waals surface area contributed by atoms with Crippen molar-refractivity contribution in [2.45, 2.75) is 38.8 Å². The standard InChI is InChI=1S/C16H16OS2/c1-2-11(10-17)12-7-8-15-16(9-12)19-14-6-4-3-5-13(14)18-15/h3-9,11,17H,2,10H2,1H3. The molecule has 0 radical (unpaired) electrons. The van der Waals surface area contributed by atoms with E-state index in [9.17, 15) is 5.11 Å². The van der Waals surface area contributed by atoms with Gasteiger partial charge in [0.15, 0.2) is 0 Å². The van der Waals surface area contributed by atoms with Crippen molar-refractivity contribution < 1.29 is 5.11 Å². The van der Waals surface area contributed by atoms with Gasteiger partial charge < -0.3 is 5.11 Å². The SMILES string of the molecule is CCC(CO)c1ccc2c(c1)Sc1ccccc1S2. The number of hydrogen-bond donors (Lipinski definition) is 1. The summed E-state index contributed by atoms with van der Waals surface area (Å²) < 4.78 is 0. The Morgan fingerprint density at radius 3 is 2.21 bits per heavy atom. The summed E-state index contributed by atoms with van der Waals surface area (Å²) in [6.45, 7) is 2.35. The van der Waals surface area contributed by atoms with Gasteiger partial charge >= 0.3 is 0 Å². The molecule has 2 aromatic carbocycles. The van der Waals surface area contributed by atoms with Crippen molar-refractivity contribution in [1.29, 1.82) is 0 Å². The Morgan fingerprint density at radius 1 is 0.947 bits per heavy atom. The molecule has 1 atom stereocenters. The summed E-state index contributed by atoms with van der Waals surface area (Å²) in [4.78, 5) is 5.30. The molecule has 1 nitrogen and oxygen atoms in total. The Bertz CT molecular complexity index is 591. The Balaban J connectivity index is 1.96. The van der Waals surface area contributed by atoms with E-state index < -0.39 is 0 Å². The molecule has 0 spiro atoms. The highest BCUT2D eigenvalue weighted by molar-refractivity contribution is 8.05. The highest BCUT2D eigenvalue weighted by atomic mass is 32.2. The molecule has 1 unspecified atom stereocenters. The molecule has 19 heavy (non-hydrogen) atoms. The van der Waals surface area contributed by atoms with Crippen molar-refractivity contribution in [3.63, 3.8) is 0 Å². The molecular weight excluding hydrogens is 272 g/mol. The molecule has 0 bridgehead atoms. The van der Waals surface area contributed by atoms with E-state index >= 15 is 0 Å². The van der Waals surface area contributed by atoms with E-state index in [1.54, 1.807) is 0 Å². The van der Waals surface area contributed by atoms with Crippen LogP contribution in [0.2, 0.25) is 0 Å². The molecule has 0 aliphatic carbocycles. The lowest BCUT2D eigenvalue weighted by Crippen LogP contribution is -2.03. The molecule has 1 aliphatic rings. The van der Waals surface area contributed by atoms with Crippen LogP contribution in [0.1, 0.15) is 24.8 Å². The monoisotopic (exact) mass is 288 g/mol. The fourth-order valence-corrected chi connectivity index (χ4v) is 4.53. The van der Waals surface area contributed by atoms with Crippen LogP contribution in [0, 0.1) is 0 Å². The second-order valence-electron chi connectivity index (χ2n) is 4.64. The van der Waals surface area contributed by atoms with Crippen LogP contribution in [-0.2, 0) is 0 Å². The van der Waals surface area contributed by atoms with E-state index in [1.165, 1.54) is 25.1 Å². The second kappa shape index (κ2) is 5.61. The second-order valence-corrected chi connectivity index (χ2v) is 6.81. The Hall–Kier alpha value is -0.900. The molecule has 0 amide bonds. The van der Waals surface area contributed by atoms with Crippen molar-refractivity contribution in [3.8, 4) is 0 Å². The van der Waals surface area contributed by atoms with Gasteiger partial charge in [0.25, 0.3) is 0 Å². The summed E-state index contributed by atoms with van der Waals surface area (Å²) in [6.07, 6.45) is 0.976. The van der Waals surface area contributed by atoms with Gasteiger partial charge in [-0.1, -0.05) is 48.6 Å². The van der Waals surface area contributed by atoms with E-state index in [4.69, 9.17) is 0 Å². The maximum atomic E-state index is 9.43. The topological polar surface area (TPSA) is 20.2 Å². The lowest BCUT2D eigenvalue weighted by Gasteiger charge is -2.20. The zero-order chi connectivity index (χ0) is 13.2. The van der Waals surface area contributed by atoms with Crippen molar-refractivity contribution in [3.05, 3.63) is 48.0 Å². The number of fused-ring (bicyclic) bond motifs is 2. The lowest BCUT2D eigenvalue weighted by molar-refractivity contribution is 0.262. The van der Waals surface area contributed by atoms with Crippen LogP contribution >= 0.6 is 23.5 Å². The maximum Gasteiger partial charge on any atom is 0.0499 e. The molecule has 1 aliphatic heterocycles. The van der Waals surface area contributed by atoms with E-state index in [0.717, 1.165) is 6.42 Å². The first-order chi connectivity index (χ1) is 9.31. The van der Waals surface area contributed by atoms with Crippen molar-refractivity contribution in [2.24, 2.45) is 0 Å². The summed E-state index contributed by atoms with van der Waals surface area (Å²) in [7, 11) is 0. The lowest BCUT2D eigenvalue weighted by atomic mass is 9.98. The summed E-state index contributed by atoms with van der Waals surface area (Å²) in [5, 5.41) is 9.43. The minimum absolute atomic E-state index is 0.226. The molecule has 2 aromatic rings. The zero-order valence-electron chi connectivity index (χ0n) is 10.8. The van der Waals surface area contributed by atoms with E-state index in [1.807, 2.05) is 23.5 Å². The van der Waals surface area contributed by atoms with Crippen LogP contribution in [0.4, 0.5) is 0 Å². The number of hydrogen-bond acceptors (Lipinski definition) is 3. The van der Waals surface area contributed by atoms with Gasteiger partial charge in [-0.3, -0.25) is 0 Å². The first kappa shape index (κ1) is 13.1. The van der Waals surface area contributed by atoms with Gasteiger partial charge in [-0.25, -0.2) is 0 Å². The predicted octanol–water partition coefficient (Wildman–Crippen LogP) is 4.79. The van der Waals surface area contributed by atoms with Gasteiger partial charge in [-0.15, -0.1) is 0 Å². The van der Waals surface area contributed by atoms with Gasteiger partial charge in [0.05, 0.1) is 0 Å². The summed E-state index contributed by atoms with van der Waals surface area (Å²) >= 11 is 3.67. The molecule has 0 fully saturated rings. The normalized spacial score (nSPS) is 14.6. The average Bonchev–Trinajstić information content (AvgIpc) is 2.46. The van der Waals surface area contributed by atoms with Crippen LogP contribution in [0.15, 0.2) is 62.0 Å². The van der Waals surface area contributed by atoms with Crippen molar-refractivity contribution in [1.82, 2.24) is 0 Å². The number of rotatable bonds is 3. The van der Waals surface area contributed by atoms with Gasteiger partial charge in [0.2, 0.25) is 0 Å². The van der Waals surface area contributed by atoms with Crippen LogP contribution < -0.4 is 0 Å². The molecule has 0 saturated carbocycles. The third-order valence-electron chi connectivity index (χ3n) is 3.44. The molecule has 0 saturated heterocycles. The first-order valence-corrected chi connectivity index (χ1v) is 8.14. The Morgan fingerprint density at radius 2 is 1.58 bits per heavy atom. The third kappa shape index (κ3) is 2.55. The zero-order valence-corrected chi connectivity index (χ0v) is 12.4. The van der Waals surface area contributed by atoms with Crippen LogP contribution in [0.5, 0.6) is 0 Å². The largest absolute Gasteiger partial charge is 0.396 e. The average molecular weight is 288 g/mol. The predicted molar refractivity (Wildman–Crippen MR) is 81.2 cm³/mol. The fraction of sp³-hybridized carbons (Fsp3) is 0.250. The van der Waals surface area contributed by atoms with E-state index in [2.05, 4.69) is 49.4 Å². The number of aliphatic hydroxyl groups is 1. The number of benzene rings is 2. The molecular formula is C16H16OS2. The third-order valence-corrected chi connectivity index (χ3v) is 5.99. The smallest absolute Gasteiger partial charge is 0.0499 e. The summed E-state index contributed by atoms with van der Waals surface area (Å²) in [5.41, 5.74) is 1.25. The van der Waals surface area contributed by atoms with Gasteiger partial charge in [0.1, 0.15) is 0 Å². The fourth-order valence-electron chi connectivity index (χ4n) is 2.27. The van der Waals surface area contributed by atoms with Crippen LogP contribution in [0.25, 0.3) is 0 Å². The minimum atomic E-state index is 0.226. The molecule has 3 rings (SSSR count). The van der Waals surface area contributed by atoms with Gasteiger partial charge in [-0.05, 0) is 36.2 Å².